The van der Waals surface area contributed by atoms with Crippen molar-refractivity contribution in [1.82, 2.24) is 20.0 Å². The van der Waals surface area contributed by atoms with Crippen molar-refractivity contribution in [2.45, 2.75) is 45.7 Å². The van der Waals surface area contributed by atoms with E-state index in [0.29, 0.717) is 6.04 Å². The number of carbonyl (C=O) groups is 1. The van der Waals surface area contributed by atoms with Gasteiger partial charge in [-0.2, -0.15) is 0 Å². The highest BCUT2D eigenvalue weighted by molar-refractivity contribution is 5.74. The van der Waals surface area contributed by atoms with Crippen LogP contribution in [0.5, 0.6) is 0 Å². The summed E-state index contributed by atoms with van der Waals surface area (Å²) in [7, 11) is 2.21. The molecule has 122 valence electrons. The van der Waals surface area contributed by atoms with E-state index in [4.69, 9.17) is 0 Å². The minimum atomic E-state index is 0.108. The number of amides is 2. The van der Waals surface area contributed by atoms with E-state index in [-0.39, 0.29) is 12.1 Å². The van der Waals surface area contributed by atoms with Crippen molar-refractivity contribution < 1.29 is 4.79 Å². The minimum absolute atomic E-state index is 0.108. The molecule has 2 aliphatic rings. The lowest BCUT2D eigenvalue weighted by Crippen LogP contribution is -2.53. The fourth-order valence-corrected chi connectivity index (χ4v) is 3.44. The zero-order valence-electron chi connectivity index (χ0n) is 14.1. The van der Waals surface area contributed by atoms with Crippen molar-refractivity contribution in [3.05, 3.63) is 0 Å². The first-order valence-corrected chi connectivity index (χ1v) is 8.43. The van der Waals surface area contributed by atoms with Gasteiger partial charge in [-0.25, -0.2) is 4.79 Å². The van der Waals surface area contributed by atoms with E-state index >= 15 is 0 Å². The third kappa shape index (κ3) is 4.85. The largest absolute Gasteiger partial charge is 0.336 e. The van der Waals surface area contributed by atoms with E-state index in [0.717, 1.165) is 31.8 Å². The molecular weight excluding hydrogens is 264 g/mol. The number of nitrogens with zero attached hydrogens (tertiary/aromatic N) is 3. The lowest BCUT2D eigenvalue weighted by atomic mass is 9.95. The first-order chi connectivity index (χ1) is 9.95. The van der Waals surface area contributed by atoms with Gasteiger partial charge < -0.3 is 15.1 Å². The molecule has 0 saturated carbocycles. The SMILES string of the molecule is CC(C)NC(=O)N1CCC(CN2CCN(C)CC2C)CC1. The van der Waals surface area contributed by atoms with Crippen molar-refractivity contribution in [3.8, 4) is 0 Å². The average molecular weight is 296 g/mol. The Labute approximate surface area is 129 Å². The molecule has 1 N–H and O–H groups in total. The number of piperazine rings is 1. The lowest BCUT2D eigenvalue weighted by molar-refractivity contribution is 0.0711. The number of likely N-dealkylation sites (N-methyl/N-ethyl adjacent to an activating group) is 1. The fraction of sp³-hybridized carbons (Fsp3) is 0.938. The van der Waals surface area contributed by atoms with Crippen LogP contribution in [0.1, 0.15) is 33.6 Å². The van der Waals surface area contributed by atoms with Crippen molar-refractivity contribution >= 4 is 6.03 Å². The summed E-state index contributed by atoms with van der Waals surface area (Å²) in [6.07, 6.45) is 2.29. The van der Waals surface area contributed by atoms with E-state index in [2.05, 4.69) is 29.1 Å². The number of urea groups is 1. The van der Waals surface area contributed by atoms with E-state index < -0.39 is 0 Å². The quantitative estimate of drug-likeness (QED) is 0.857. The molecule has 0 spiro atoms. The van der Waals surface area contributed by atoms with Crippen LogP contribution in [0, 0.1) is 5.92 Å². The van der Waals surface area contributed by atoms with Crippen LogP contribution in [-0.4, -0.2) is 79.1 Å². The standard InChI is InChI=1S/C16H32N4O/c1-13(2)17-16(21)19-7-5-15(6-8-19)12-20-10-9-18(4)11-14(20)3/h13-15H,5-12H2,1-4H3,(H,17,21). The molecule has 0 aliphatic carbocycles. The predicted molar refractivity (Wildman–Crippen MR) is 86.5 cm³/mol. The Kier molecular flexibility index (Phi) is 5.88. The van der Waals surface area contributed by atoms with Gasteiger partial charge in [0.25, 0.3) is 0 Å². The predicted octanol–water partition coefficient (Wildman–Crippen LogP) is 1.45. The molecule has 1 atom stereocenters. The zero-order chi connectivity index (χ0) is 15.4. The molecule has 5 heteroatoms. The molecule has 2 aliphatic heterocycles. The van der Waals surface area contributed by atoms with Gasteiger partial charge in [-0.05, 0) is 46.6 Å². The average Bonchev–Trinajstić information content (AvgIpc) is 2.42. The van der Waals surface area contributed by atoms with E-state index in [1.807, 2.05) is 18.7 Å². The van der Waals surface area contributed by atoms with Gasteiger partial charge in [0.15, 0.2) is 0 Å². The maximum absolute atomic E-state index is 12.0. The van der Waals surface area contributed by atoms with Crippen molar-refractivity contribution in [2.24, 2.45) is 5.92 Å². The molecule has 2 amide bonds. The maximum Gasteiger partial charge on any atom is 0.317 e. The van der Waals surface area contributed by atoms with Gasteiger partial charge in [-0.1, -0.05) is 0 Å². The summed E-state index contributed by atoms with van der Waals surface area (Å²) < 4.78 is 0. The molecule has 0 aromatic heterocycles. The maximum atomic E-state index is 12.0. The highest BCUT2D eigenvalue weighted by atomic mass is 16.2. The van der Waals surface area contributed by atoms with Gasteiger partial charge in [0, 0.05) is 51.4 Å². The number of likely N-dealkylation sites (tertiary alicyclic amines) is 1. The summed E-state index contributed by atoms with van der Waals surface area (Å²) in [6, 6.07) is 0.990. The second-order valence-electron chi connectivity index (χ2n) is 7.14. The van der Waals surface area contributed by atoms with Crippen molar-refractivity contribution in [2.75, 3.05) is 46.3 Å². The van der Waals surface area contributed by atoms with E-state index in [1.54, 1.807) is 0 Å². The van der Waals surface area contributed by atoms with Crippen LogP contribution in [0.25, 0.3) is 0 Å². The van der Waals surface area contributed by atoms with Gasteiger partial charge in [0.05, 0.1) is 0 Å². The highest BCUT2D eigenvalue weighted by Crippen LogP contribution is 2.20. The molecule has 2 rings (SSSR count). The fourth-order valence-electron chi connectivity index (χ4n) is 3.44. The van der Waals surface area contributed by atoms with E-state index in [1.165, 1.54) is 26.2 Å². The Balaban J connectivity index is 1.73. The second kappa shape index (κ2) is 7.45. The number of carbonyl (C=O) groups excluding carboxylic acids is 1. The van der Waals surface area contributed by atoms with Gasteiger partial charge in [-0.3, -0.25) is 4.90 Å². The molecule has 21 heavy (non-hydrogen) atoms. The van der Waals surface area contributed by atoms with Gasteiger partial charge in [0.2, 0.25) is 0 Å². The Morgan fingerprint density at radius 2 is 1.86 bits per heavy atom. The summed E-state index contributed by atoms with van der Waals surface area (Å²) in [5.41, 5.74) is 0. The summed E-state index contributed by atoms with van der Waals surface area (Å²) in [6.45, 7) is 12.9. The topological polar surface area (TPSA) is 38.8 Å². The summed E-state index contributed by atoms with van der Waals surface area (Å²) in [5.74, 6) is 0.749. The minimum Gasteiger partial charge on any atom is -0.336 e. The summed E-state index contributed by atoms with van der Waals surface area (Å²) in [4.78, 5) is 19.0. The van der Waals surface area contributed by atoms with Crippen LogP contribution >= 0.6 is 0 Å². The van der Waals surface area contributed by atoms with Crippen LogP contribution in [0.3, 0.4) is 0 Å². The van der Waals surface area contributed by atoms with Crippen LogP contribution in [0.15, 0.2) is 0 Å². The van der Waals surface area contributed by atoms with Crippen LogP contribution in [0.4, 0.5) is 4.79 Å². The van der Waals surface area contributed by atoms with Crippen molar-refractivity contribution in [1.29, 1.82) is 0 Å². The second-order valence-corrected chi connectivity index (χ2v) is 7.14. The number of hydrogen-bond acceptors (Lipinski definition) is 3. The Bertz CT molecular complexity index is 339. The zero-order valence-corrected chi connectivity index (χ0v) is 14.1. The highest BCUT2D eigenvalue weighted by Gasteiger charge is 2.27. The summed E-state index contributed by atoms with van der Waals surface area (Å²) >= 11 is 0. The molecule has 5 nitrogen and oxygen atoms in total. The number of piperidine rings is 1. The van der Waals surface area contributed by atoms with E-state index in [9.17, 15) is 4.79 Å². The molecule has 0 aromatic rings. The Morgan fingerprint density at radius 1 is 1.19 bits per heavy atom. The Hall–Kier alpha value is -0.810. The molecule has 1 unspecified atom stereocenters. The third-order valence-electron chi connectivity index (χ3n) is 4.77. The van der Waals surface area contributed by atoms with Gasteiger partial charge in [-0.15, -0.1) is 0 Å². The van der Waals surface area contributed by atoms with Crippen molar-refractivity contribution in [3.63, 3.8) is 0 Å². The molecule has 0 aromatic carbocycles. The van der Waals surface area contributed by atoms with Crippen LogP contribution < -0.4 is 5.32 Å². The van der Waals surface area contributed by atoms with Crippen LogP contribution in [-0.2, 0) is 0 Å². The molecule has 0 bridgehead atoms. The first-order valence-electron chi connectivity index (χ1n) is 8.43. The lowest BCUT2D eigenvalue weighted by Gasteiger charge is -2.41. The first kappa shape index (κ1) is 16.6. The molecular formula is C16H32N4O. The summed E-state index contributed by atoms with van der Waals surface area (Å²) in [5, 5.41) is 2.99. The van der Waals surface area contributed by atoms with Crippen LogP contribution in [0.2, 0.25) is 0 Å². The molecule has 0 radical (unpaired) electrons. The molecule has 2 saturated heterocycles. The normalized spacial score (nSPS) is 26.3. The number of rotatable bonds is 3. The third-order valence-corrected chi connectivity index (χ3v) is 4.77. The monoisotopic (exact) mass is 296 g/mol. The molecule has 2 fully saturated rings. The Morgan fingerprint density at radius 3 is 2.43 bits per heavy atom. The van der Waals surface area contributed by atoms with Gasteiger partial charge >= 0.3 is 6.03 Å². The van der Waals surface area contributed by atoms with Gasteiger partial charge in [0.1, 0.15) is 0 Å². The molecule has 2 heterocycles. The number of nitrogens with one attached hydrogen (secondary N) is 1. The number of hydrogen-bond donors (Lipinski definition) is 1. The smallest absolute Gasteiger partial charge is 0.317 e.